The van der Waals surface area contributed by atoms with Crippen molar-refractivity contribution in [2.24, 2.45) is 0 Å². The maximum Gasteiger partial charge on any atom is 0.199 e. The molecule has 2 aromatic carbocycles. The quantitative estimate of drug-likeness (QED) is 0.869. The van der Waals surface area contributed by atoms with Crippen LogP contribution in [0.5, 0.6) is 5.75 Å². The smallest absolute Gasteiger partial charge is 0.199 e. The third-order valence-electron chi connectivity index (χ3n) is 4.87. The highest BCUT2D eigenvalue weighted by Gasteiger charge is 2.48. The van der Waals surface area contributed by atoms with Gasteiger partial charge in [0.1, 0.15) is 11.9 Å². The van der Waals surface area contributed by atoms with Crippen molar-refractivity contribution in [1.29, 1.82) is 0 Å². The van der Waals surface area contributed by atoms with Crippen LogP contribution in [0.25, 0.3) is 0 Å². The molecule has 1 aliphatic heterocycles. The lowest BCUT2D eigenvalue weighted by molar-refractivity contribution is -0.182. The maximum absolute atomic E-state index is 10.8. The largest absolute Gasteiger partial charge is 0.496 e. The fourth-order valence-corrected chi connectivity index (χ4v) is 4.08. The highest BCUT2D eigenvalue weighted by molar-refractivity contribution is 9.10. The van der Waals surface area contributed by atoms with Crippen molar-refractivity contribution in [1.82, 2.24) is 0 Å². The first-order valence-electron chi connectivity index (χ1n) is 7.97. The van der Waals surface area contributed by atoms with Gasteiger partial charge in [0.15, 0.2) is 5.79 Å². The molecule has 0 saturated carbocycles. The molecule has 0 bridgehead atoms. The zero-order valence-corrected chi connectivity index (χ0v) is 15.2. The molecule has 0 radical (unpaired) electrons. The predicted molar refractivity (Wildman–Crippen MR) is 93.2 cm³/mol. The summed E-state index contributed by atoms with van der Waals surface area (Å²) in [5, 5.41) is 10.8. The Morgan fingerprint density at radius 1 is 1.21 bits per heavy atom. The fraction of sp³-hybridized carbons (Fsp3) is 0.368. The van der Waals surface area contributed by atoms with E-state index in [4.69, 9.17) is 14.2 Å². The van der Waals surface area contributed by atoms with Crippen molar-refractivity contribution in [2.45, 2.75) is 25.2 Å². The van der Waals surface area contributed by atoms with E-state index in [0.29, 0.717) is 13.2 Å². The molecule has 0 aromatic heterocycles. The second kappa shape index (κ2) is 5.85. The molecule has 1 heterocycles. The van der Waals surface area contributed by atoms with Crippen LogP contribution in [-0.4, -0.2) is 25.4 Å². The molecule has 1 N–H and O–H groups in total. The monoisotopic (exact) mass is 390 g/mol. The van der Waals surface area contributed by atoms with Crippen LogP contribution in [0.3, 0.4) is 0 Å². The third kappa shape index (κ3) is 2.39. The summed E-state index contributed by atoms with van der Waals surface area (Å²) < 4.78 is 17.6. The Hall–Kier alpha value is -1.40. The van der Waals surface area contributed by atoms with E-state index in [9.17, 15) is 5.11 Å². The van der Waals surface area contributed by atoms with Gasteiger partial charge in [-0.2, -0.15) is 0 Å². The Kier molecular flexibility index (Phi) is 3.92. The van der Waals surface area contributed by atoms with Crippen LogP contribution in [0.15, 0.2) is 34.8 Å². The van der Waals surface area contributed by atoms with Crippen LogP contribution in [0, 0.1) is 6.92 Å². The Labute approximate surface area is 149 Å². The molecule has 4 rings (SSSR count). The zero-order valence-electron chi connectivity index (χ0n) is 13.6. The number of ether oxygens (including phenoxy) is 3. The Morgan fingerprint density at radius 2 is 1.96 bits per heavy atom. The highest BCUT2D eigenvalue weighted by Crippen LogP contribution is 2.46. The average molecular weight is 391 g/mol. The minimum absolute atomic E-state index is 0.530. The maximum atomic E-state index is 10.8. The number of aliphatic hydroxyl groups is 1. The van der Waals surface area contributed by atoms with Gasteiger partial charge in [0, 0.05) is 12.0 Å². The van der Waals surface area contributed by atoms with Crippen molar-refractivity contribution >= 4 is 15.9 Å². The number of methoxy groups -OCH3 is 1. The van der Waals surface area contributed by atoms with E-state index in [1.165, 1.54) is 5.56 Å². The van der Waals surface area contributed by atoms with E-state index in [-0.39, 0.29) is 0 Å². The van der Waals surface area contributed by atoms with Gasteiger partial charge in [0.05, 0.1) is 24.8 Å². The van der Waals surface area contributed by atoms with Crippen molar-refractivity contribution in [3.05, 3.63) is 62.6 Å². The van der Waals surface area contributed by atoms with Gasteiger partial charge in [-0.05, 0) is 57.2 Å². The number of halogens is 1. The van der Waals surface area contributed by atoms with Crippen molar-refractivity contribution < 1.29 is 19.3 Å². The molecular formula is C19H19BrO4. The van der Waals surface area contributed by atoms with Gasteiger partial charge in [0.25, 0.3) is 0 Å². The van der Waals surface area contributed by atoms with Gasteiger partial charge >= 0.3 is 0 Å². The number of benzene rings is 2. The average Bonchev–Trinajstić information content (AvgIpc) is 3.06. The van der Waals surface area contributed by atoms with E-state index >= 15 is 0 Å². The lowest BCUT2D eigenvalue weighted by atomic mass is 9.79. The molecule has 1 fully saturated rings. The number of hydrogen-bond donors (Lipinski definition) is 1. The SMILES string of the molecule is COc1cc(C)c(C(O)c2ccc3c(c2)CC32OCCO2)cc1Br. The molecule has 24 heavy (non-hydrogen) atoms. The standard InChI is InChI=1S/C19H19BrO4/c1-11-7-17(22-2)16(20)9-14(11)18(21)12-3-4-15-13(8-12)10-19(15)23-5-6-24-19/h3-4,7-9,18,21H,5-6,10H2,1-2H3. The molecule has 1 saturated heterocycles. The number of aliphatic hydroxyl groups excluding tert-OH is 1. The molecule has 5 heteroatoms. The summed E-state index contributed by atoms with van der Waals surface area (Å²) in [5.74, 6) is 0.232. The summed E-state index contributed by atoms with van der Waals surface area (Å²) in [7, 11) is 1.63. The number of fused-ring (bicyclic) bond motifs is 2. The summed E-state index contributed by atoms with van der Waals surface area (Å²) in [6, 6.07) is 9.86. The molecule has 1 atom stereocenters. The summed E-state index contributed by atoms with van der Waals surface area (Å²) >= 11 is 3.49. The first-order chi connectivity index (χ1) is 11.5. The molecule has 1 spiro atoms. The van der Waals surface area contributed by atoms with Crippen LogP contribution in [-0.2, 0) is 21.7 Å². The van der Waals surface area contributed by atoms with Gasteiger partial charge in [-0.25, -0.2) is 0 Å². The van der Waals surface area contributed by atoms with Crippen molar-refractivity contribution in [3.63, 3.8) is 0 Å². The van der Waals surface area contributed by atoms with Gasteiger partial charge in [0.2, 0.25) is 0 Å². The molecule has 126 valence electrons. The van der Waals surface area contributed by atoms with E-state index in [1.807, 2.05) is 37.3 Å². The molecule has 4 nitrogen and oxygen atoms in total. The first-order valence-corrected chi connectivity index (χ1v) is 8.77. The second-order valence-electron chi connectivity index (χ2n) is 6.29. The van der Waals surface area contributed by atoms with E-state index in [1.54, 1.807) is 7.11 Å². The van der Waals surface area contributed by atoms with Crippen molar-refractivity contribution in [3.8, 4) is 5.75 Å². The summed E-state index contributed by atoms with van der Waals surface area (Å²) in [5.41, 5.74) is 5.00. The number of hydrogen-bond acceptors (Lipinski definition) is 4. The summed E-state index contributed by atoms with van der Waals surface area (Å²) in [6.07, 6.45) is 0.0632. The fourth-order valence-electron chi connectivity index (χ4n) is 3.55. The van der Waals surface area contributed by atoms with E-state index < -0.39 is 11.9 Å². The van der Waals surface area contributed by atoms with Gasteiger partial charge in [-0.15, -0.1) is 0 Å². The minimum Gasteiger partial charge on any atom is -0.496 e. The van der Waals surface area contributed by atoms with Gasteiger partial charge in [-0.3, -0.25) is 0 Å². The molecule has 1 aliphatic carbocycles. The van der Waals surface area contributed by atoms with E-state index in [0.717, 1.165) is 38.9 Å². The molecule has 1 unspecified atom stereocenters. The van der Waals surface area contributed by atoms with Crippen LogP contribution < -0.4 is 4.74 Å². The second-order valence-corrected chi connectivity index (χ2v) is 7.14. The normalized spacial score (nSPS) is 19.0. The lowest BCUT2D eigenvalue weighted by Gasteiger charge is -2.39. The number of aryl methyl sites for hydroxylation is 1. The van der Waals surface area contributed by atoms with Crippen molar-refractivity contribution in [2.75, 3.05) is 20.3 Å². The van der Waals surface area contributed by atoms with Crippen LogP contribution in [0.4, 0.5) is 0 Å². The molecular weight excluding hydrogens is 372 g/mol. The highest BCUT2D eigenvalue weighted by atomic mass is 79.9. The summed E-state index contributed by atoms with van der Waals surface area (Å²) in [4.78, 5) is 0. The molecule has 2 aliphatic rings. The predicted octanol–water partition coefficient (Wildman–Crippen LogP) is 3.60. The molecule has 0 amide bonds. The number of rotatable bonds is 3. The minimum atomic E-state index is -0.681. The first kappa shape index (κ1) is 16.1. The van der Waals surface area contributed by atoms with Crippen LogP contribution in [0.2, 0.25) is 0 Å². The summed E-state index contributed by atoms with van der Waals surface area (Å²) in [6.45, 7) is 3.26. The Balaban J connectivity index is 1.65. The zero-order chi connectivity index (χ0) is 16.9. The molecule has 2 aromatic rings. The Morgan fingerprint density at radius 3 is 2.62 bits per heavy atom. The van der Waals surface area contributed by atoms with Crippen LogP contribution in [0.1, 0.15) is 33.9 Å². The van der Waals surface area contributed by atoms with Gasteiger partial charge in [-0.1, -0.05) is 18.2 Å². The topological polar surface area (TPSA) is 47.9 Å². The van der Waals surface area contributed by atoms with Crippen LogP contribution >= 0.6 is 15.9 Å². The third-order valence-corrected chi connectivity index (χ3v) is 5.49. The van der Waals surface area contributed by atoms with Gasteiger partial charge < -0.3 is 19.3 Å². The van der Waals surface area contributed by atoms with E-state index in [2.05, 4.69) is 15.9 Å². The lowest BCUT2D eigenvalue weighted by Crippen LogP contribution is -2.39. The Bertz CT molecular complexity index is 796.